The largest absolute Gasteiger partial charge is 0.372 e. The van der Waals surface area contributed by atoms with Crippen LogP contribution in [0, 0.1) is 12.3 Å². The van der Waals surface area contributed by atoms with Crippen LogP contribution < -0.4 is 10.2 Å². The minimum Gasteiger partial charge on any atom is -0.372 e. The molecular formula is C14H18N2O. The molecule has 0 bridgehead atoms. The number of nitrogens with zero attached hydrogens (tertiary/aromatic N) is 1. The molecule has 1 spiro atoms. The second kappa shape index (κ2) is 3.49. The molecule has 1 aliphatic carbocycles. The molecule has 1 aliphatic heterocycles. The molecular weight excluding hydrogens is 212 g/mol. The van der Waals surface area contributed by atoms with Crippen LogP contribution in [0.3, 0.4) is 0 Å². The lowest BCUT2D eigenvalue weighted by atomic mass is 9.68. The van der Waals surface area contributed by atoms with Gasteiger partial charge in [0.2, 0.25) is 5.91 Å². The summed E-state index contributed by atoms with van der Waals surface area (Å²) in [6.45, 7) is 2.89. The van der Waals surface area contributed by atoms with E-state index in [2.05, 4.69) is 29.4 Å². The highest BCUT2D eigenvalue weighted by atomic mass is 16.2. The first-order valence-electron chi connectivity index (χ1n) is 6.25. The van der Waals surface area contributed by atoms with Crippen molar-refractivity contribution in [3.05, 3.63) is 23.8 Å². The van der Waals surface area contributed by atoms with Crippen molar-refractivity contribution < 1.29 is 4.79 Å². The molecule has 0 unspecified atom stereocenters. The molecule has 0 radical (unpaired) electrons. The van der Waals surface area contributed by atoms with E-state index >= 15 is 0 Å². The Kier molecular flexibility index (Phi) is 2.18. The number of hydrogen-bond acceptors (Lipinski definition) is 2. The minimum atomic E-state index is -0.139. The highest BCUT2D eigenvalue weighted by Gasteiger charge is 2.46. The quantitative estimate of drug-likeness (QED) is 0.743. The Labute approximate surface area is 102 Å². The molecule has 1 heterocycles. The predicted octanol–water partition coefficient (Wildman–Crippen LogP) is 2.55. The maximum Gasteiger partial charge on any atom is 0.232 e. The van der Waals surface area contributed by atoms with Gasteiger partial charge in [0.25, 0.3) is 0 Å². The molecule has 3 heteroatoms. The van der Waals surface area contributed by atoms with Crippen LogP contribution in [0.25, 0.3) is 0 Å². The number of carbonyl (C=O) groups is 1. The molecule has 0 aromatic heterocycles. The monoisotopic (exact) mass is 230 g/mol. The van der Waals surface area contributed by atoms with Gasteiger partial charge in [-0.3, -0.25) is 4.79 Å². The van der Waals surface area contributed by atoms with E-state index < -0.39 is 0 Å². The third kappa shape index (κ3) is 1.45. The van der Waals surface area contributed by atoms with Crippen LogP contribution in [0.1, 0.15) is 24.8 Å². The summed E-state index contributed by atoms with van der Waals surface area (Å²) in [5.41, 5.74) is 3.13. The molecule has 1 aromatic carbocycles. The van der Waals surface area contributed by atoms with Crippen molar-refractivity contribution in [1.82, 2.24) is 0 Å². The zero-order valence-corrected chi connectivity index (χ0v) is 10.4. The number of fused-ring (bicyclic) bond motifs is 1. The third-order valence-corrected chi connectivity index (χ3v) is 4.23. The molecule has 1 amide bonds. The second-order valence-corrected chi connectivity index (χ2v) is 5.41. The number of nitrogens with one attached hydrogen (secondary N) is 1. The summed E-state index contributed by atoms with van der Waals surface area (Å²) < 4.78 is 0. The lowest BCUT2D eigenvalue weighted by Crippen LogP contribution is -2.47. The normalized spacial score (nSPS) is 21.5. The molecule has 1 fully saturated rings. The van der Waals surface area contributed by atoms with Crippen molar-refractivity contribution in [2.24, 2.45) is 5.41 Å². The fourth-order valence-corrected chi connectivity index (χ4v) is 2.98. The van der Waals surface area contributed by atoms with Gasteiger partial charge >= 0.3 is 0 Å². The maximum absolute atomic E-state index is 12.3. The zero-order chi connectivity index (χ0) is 12.0. The number of benzene rings is 1. The Morgan fingerprint density at radius 2 is 2.12 bits per heavy atom. The van der Waals surface area contributed by atoms with Crippen molar-refractivity contribution in [2.45, 2.75) is 26.2 Å². The highest BCUT2D eigenvalue weighted by molar-refractivity contribution is 6.01. The number of amides is 1. The van der Waals surface area contributed by atoms with E-state index in [1.54, 1.807) is 0 Å². The number of para-hydroxylation sites is 1. The van der Waals surface area contributed by atoms with E-state index in [4.69, 9.17) is 0 Å². The lowest BCUT2D eigenvalue weighted by Gasteiger charge is -2.40. The average Bonchev–Trinajstić information content (AvgIpc) is 2.36. The molecule has 3 rings (SSSR count). The number of hydrogen-bond donors (Lipinski definition) is 1. The summed E-state index contributed by atoms with van der Waals surface area (Å²) in [7, 11) is 2.08. The lowest BCUT2D eigenvalue weighted by molar-refractivity contribution is -0.129. The molecule has 17 heavy (non-hydrogen) atoms. The van der Waals surface area contributed by atoms with E-state index in [0.717, 1.165) is 36.3 Å². The average molecular weight is 230 g/mol. The first-order valence-corrected chi connectivity index (χ1v) is 6.25. The van der Waals surface area contributed by atoms with Gasteiger partial charge in [-0.15, -0.1) is 0 Å². The summed E-state index contributed by atoms with van der Waals surface area (Å²) in [6, 6.07) is 6.18. The van der Waals surface area contributed by atoms with Gasteiger partial charge in [-0.1, -0.05) is 18.6 Å². The van der Waals surface area contributed by atoms with Gasteiger partial charge in [-0.05, 0) is 31.4 Å². The molecule has 1 aromatic rings. The van der Waals surface area contributed by atoms with Crippen molar-refractivity contribution in [1.29, 1.82) is 0 Å². The Bertz CT molecular complexity index is 477. The SMILES string of the molecule is Cc1cccc2c1NC(=O)C1(CCC1)CN2C. The first-order chi connectivity index (χ1) is 8.12. The summed E-state index contributed by atoms with van der Waals surface area (Å²) in [5.74, 6) is 0.212. The van der Waals surface area contributed by atoms with Crippen molar-refractivity contribution in [3.8, 4) is 0 Å². The third-order valence-electron chi connectivity index (χ3n) is 4.23. The van der Waals surface area contributed by atoms with Crippen LogP contribution in [0.5, 0.6) is 0 Å². The summed E-state index contributed by atoms with van der Waals surface area (Å²) in [4.78, 5) is 14.6. The van der Waals surface area contributed by atoms with Crippen LogP contribution in [-0.2, 0) is 4.79 Å². The van der Waals surface area contributed by atoms with E-state index in [-0.39, 0.29) is 11.3 Å². The maximum atomic E-state index is 12.3. The van der Waals surface area contributed by atoms with Crippen LogP contribution in [0.15, 0.2) is 18.2 Å². The van der Waals surface area contributed by atoms with Crippen LogP contribution in [0.4, 0.5) is 11.4 Å². The fourth-order valence-electron chi connectivity index (χ4n) is 2.98. The van der Waals surface area contributed by atoms with Crippen LogP contribution >= 0.6 is 0 Å². The van der Waals surface area contributed by atoms with Gasteiger partial charge in [0.1, 0.15) is 0 Å². The molecule has 1 N–H and O–H groups in total. The molecule has 2 aliphatic rings. The van der Waals surface area contributed by atoms with Gasteiger partial charge < -0.3 is 10.2 Å². The van der Waals surface area contributed by atoms with Crippen molar-refractivity contribution in [2.75, 3.05) is 23.8 Å². The molecule has 3 nitrogen and oxygen atoms in total. The second-order valence-electron chi connectivity index (χ2n) is 5.41. The van der Waals surface area contributed by atoms with Crippen molar-refractivity contribution >= 4 is 17.3 Å². The Morgan fingerprint density at radius 3 is 2.76 bits per heavy atom. The summed E-state index contributed by atoms with van der Waals surface area (Å²) >= 11 is 0. The van der Waals surface area contributed by atoms with Gasteiger partial charge in [0.05, 0.1) is 16.8 Å². The molecule has 0 atom stereocenters. The summed E-state index contributed by atoms with van der Waals surface area (Å²) in [6.07, 6.45) is 3.23. The Morgan fingerprint density at radius 1 is 1.35 bits per heavy atom. The predicted molar refractivity (Wildman–Crippen MR) is 69.4 cm³/mol. The van der Waals surface area contributed by atoms with E-state index in [1.165, 1.54) is 6.42 Å². The van der Waals surface area contributed by atoms with E-state index in [9.17, 15) is 4.79 Å². The summed E-state index contributed by atoms with van der Waals surface area (Å²) in [5, 5.41) is 3.13. The van der Waals surface area contributed by atoms with Gasteiger partial charge in [-0.25, -0.2) is 0 Å². The molecule has 1 saturated carbocycles. The number of rotatable bonds is 0. The first kappa shape index (κ1) is 10.6. The molecule has 90 valence electrons. The Hall–Kier alpha value is -1.51. The smallest absolute Gasteiger partial charge is 0.232 e. The van der Waals surface area contributed by atoms with E-state index in [0.29, 0.717) is 0 Å². The van der Waals surface area contributed by atoms with Gasteiger partial charge in [0.15, 0.2) is 0 Å². The number of anilines is 2. The van der Waals surface area contributed by atoms with Crippen LogP contribution in [-0.4, -0.2) is 19.5 Å². The zero-order valence-electron chi connectivity index (χ0n) is 10.4. The Balaban J connectivity index is 2.07. The van der Waals surface area contributed by atoms with Crippen LogP contribution in [0.2, 0.25) is 0 Å². The topological polar surface area (TPSA) is 32.3 Å². The number of aryl methyl sites for hydroxylation is 1. The van der Waals surface area contributed by atoms with E-state index in [1.807, 2.05) is 13.0 Å². The van der Waals surface area contributed by atoms with Gasteiger partial charge in [-0.2, -0.15) is 0 Å². The highest BCUT2D eigenvalue weighted by Crippen LogP contribution is 2.46. The number of carbonyl (C=O) groups excluding carboxylic acids is 1. The molecule has 0 saturated heterocycles. The van der Waals surface area contributed by atoms with Gasteiger partial charge in [0, 0.05) is 13.6 Å². The standard InChI is InChI=1S/C14H18N2O/c1-10-5-3-6-11-12(10)15-13(17)14(7-4-8-14)9-16(11)2/h3,5-6H,4,7-9H2,1-2H3,(H,15,17). The fraction of sp³-hybridized carbons (Fsp3) is 0.500. The van der Waals surface area contributed by atoms with Crippen molar-refractivity contribution in [3.63, 3.8) is 0 Å². The minimum absolute atomic E-state index is 0.139.